The molecule has 0 saturated carbocycles. The molecule has 3 nitrogen and oxygen atoms in total. The number of nitrogens with one attached hydrogen (secondary N) is 1. The summed E-state index contributed by atoms with van der Waals surface area (Å²) < 4.78 is 0. The minimum absolute atomic E-state index is 0.0844. The molecule has 0 heterocycles. The monoisotopic (exact) mass is 228 g/mol. The quantitative estimate of drug-likeness (QED) is 0.863. The van der Waals surface area contributed by atoms with Gasteiger partial charge in [0.05, 0.1) is 12.1 Å². The molecule has 1 N–H and O–H groups in total. The van der Waals surface area contributed by atoms with E-state index < -0.39 is 5.92 Å². The maximum absolute atomic E-state index is 11.8. The molecule has 0 fully saturated rings. The Hall–Kier alpha value is -1.82. The summed E-state index contributed by atoms with van der Waals surface area (Å²) in [4.78, 5) is 11.8. The molecule has 1 amide bonds. The summed E-state index contributed by atoms with van der Waals surface area (Å²) in [6, 6.07) is 10.3. The number of hydrogen-bond acceptors (Lipinski definition) is 2. The normalized spacial score (nSPS) is 19.2. The van der Waals surface area contributed by atoms with E-state index in [1.165, 1.54) is 11.1 Å². The minimum atomic E-state index is -0.525. The number of amides is 1. The van der Waals surface area contributed by atoms with Gasteiger partial charge in [-0.25, -0.2) is 0 Å². The molecule has 2 rings (SSSR count). The van der Waals surface area contributed by atoms with E-state index in [1.807, 2.05) is 25.1 Å². The summed E-state index contributed by atoms with van der Waals surface area (Å²) in [5, 5.41) is 11.8. The fourth-order valence-electron chi connectivity index (χ4n) is 2.31. The molecular weight excluding hydrogens is 212 g/mol. The molecule has 2 atom stereocenters. The van der Waals surface area contributed by atoms with Crippen molar-refractivity contribution in [2.45, 2.75) is 32.2 Å². The molecule has 1 aromatic rings. The Morgan fingerprint density at radius 3 is 3.06 bits per heavy atom. The zero-order valence-corrected chi connectivity index (χ0v) is 9.94. The zero-order chi connectivity index (χ0) is 12.3. The average molecular weight is 228 g/mol. The van der Waals surface area contributed by atoms with Crippen LogP contribution in [0.5, 0.6) is 0 Å². The van der Waals surface area contributed by atoms with Crippen molar-refractivity contribution in [2.24, 2.45) is 5.92 Å². The van der Waals surface area contributed by atoms with Gasteiger partial charge in [-0.2, -0.15) is 5.26 Å². The van der Waals surface area contributed by atoms with Gasteiger partial charge < -0.3 is 5.32 Å². The van der Waals surface area contributed by atoms with E-state index in [0.29, 0.717) is 6.42 Å². The van der Waals surface area contributed by atoms with Crippen LogP contribution in [0.25, 0.3) is 0 Å². The Bertz CT molecular complexity index is 462. The lowest BCUT2D eigenvalue weighted by Gasteiger charge is -2.15. The molecule has 1 aliphatic carbocycles. The van der Waals surface area contributed by atoms with Crippen LogP contribution in [-0.4, -0.2) is 5.91 Å². The van der Waals surface area contributed by atoms with E-state index in [9.17, 15) is 4.79 Å². The molecule has 0 bridgehead atoms. The zero-order valence-electron chi connectivity index (χ0n) is 9.94. The number of hydrogen-bond donors (Lipinski definition) is 1. The van der Waals surface area contributed by atoms with Gasteiger partial charge >= 0.3 is 0 Å². The predicted octanol–water partition coefficient (Wildman–Crippen LogP) is 2.34. The Morgan fingerprint density at radius 2 is 2.35 bits per heavy atom. The molecule has 17 heavy (non-hydrogen) atoms. The average Bonchev–Trinajstić information content (AvgIpc) is 2.74. The van der Waals surface area contributed by atoms with Gasteiger partial charge in [0.1, 0.15) is 5.92 Å². The van der Waals surface area contributed by atoms with Crippen LogP contribution in [0.15, 0.2) is 24.3 Å². The van der Waals surface area contributed by atoms with Crippen molar-refractivity contribution in [3.05, 3.63) is 35.4 Å². The Labute approximate surface area is 101 Å². The second-order valence-corrected chi connectivity index (χ2v) is 4.39. The third kappa shape index (κ3) is 2.31. The van der Waals surface area contributed by atoms with Crippen molar-refractivity contribution in [2.75, 3.05) is 0 Å². The Kier molecular flexibility index (Phi) is 3.43. The van der Waals surface area contributed by atoms with Gasteiger partial charge in [-0.15, -0.1) is 0 Å². The highest BCUT2D eigenvalue weighted by Gasteiger charge is 2.25. The first-order valence-corrected chi connectivity index (χ1v) is 6.04. The topological polar surface area (TPSA) is 52.9 Å². The van der Waals surface area contributed by atoms with Crippen LogP contribution in [0, 0.1) is 17.2 Å². The van der Waals surface area contributed by atoms with Gasteiger partial charge in [0, 0.05) is 0 Å². The number of nitriles is 1. The number of nitrogens with zero attached hydrogens (tertiary/aromatic N) is 1. The summed E-state index contributed by atoms with van der Waals surface area (Å²) in [7, 11) is 0. The van der Waals surface area contributed by atoms with Gasteiger partial charge in [-0.1, -0.05) is 31.2 Å². The molecule has 0 aliphatic heterocycles. The van der Waals surface area contributed by atoms with Crippen molar-refractivity contribution in [3.63, 3.8) is 0 Å². The number of aryl methyl sites for hydroxylation is 1. The molecule has 0 radical (unpaired) electrons. The number of carbonyl (C=O) groups excluding carboxylic acids is 1. The molecule has 0 saturated heterocycles. The third-order valence-corrected chi connectivity index (χ3v) is 3.33. The van der Waals surface area contributed by atoms with Gasteiger partial charge in [0.25, 0.3) is 0 Å². The van der Waals surface area contributed by atoms with Crippen LogP contribution in [0.2, 0.25) is 0 Å². The fraction of sp³-hybridized carbons (Fsp3) is 0.429. The number of carbonyl (C=O) groups is 1. The van der Waals surface area contributed by atoms with Crippen molar-refractivity contribution in [1.29, 1.82) is 5.26 Å². The van der Waals surface area contributed by atoms with E-state index in [4.69, 9.17) is 5.26 Å². The number of rotatable bonds is 3. The highest BCUT2D eigenvalue weighted by atomic mass is 16.1. The summed E-state index contributed by atoms with van der Waals surface area (Å²) in [6.45, 7) is 1.86. The highest BCUT2D eigenvalue weighted by molar-refractivity contribution is 5.81. The lowest BCUT2D eigenvalue weighted by atomic mass is 10.1. The highest BCUT2D eigenvalue weighted by Crippen LogP contribution is 2.30. The molecule has 1 aliphatic rings. The lowest BCUT2D eigenvalue weighted by Crippen LogP contribution is -2.32. The smallest absolute Gasteiger partial charge is 0.237 e. The van der Waals surface area contributed by atoms with Crippen LogP contribution in [-0.2, 0) is 11.2 Å². The largest absolute Gasteiger partial charge is 0.348 e. The molecule has 0 aromatic heterocycles. The van der Waals surface area contributed by atoms with Crippen molar-refractivity contribution in [1.82, 2.24) is 5.32 Å². The molecular formula is C14H16N2O. The standard InChI is InChI=1S/C14H16N2O/c1-2-10(9-15)14(17)16-13-8-7-11-5-3-4-6-12(11)13/h3-6,10,13H,2,7-8H2,1H3,(H,16,17). The maximum atomic E-state index is 11.8. The predicted molar refractivity (Wildman–Crippen MR) is 65.0 cm³/mol. The SMILES string of the molecule is CCC(C#N)C(=O)NC1CCc2ccccc21. The van der Waals surface area contributed by atoms with Crippen molar-refractivity contribution >= 4 is 5.91 Å². The molecule has 0 spiro atoms. The number of fused-ring (bicyclic) bond motifs is 1. The summed E-state index contributed by atoms with van der Waals surface area (Å²) in [6.07, 6.45) is 2.51. The van der Waals surface area contributed by atoms with Gasteiger partial charge in [0.2, 0.25) is 5.91 Å². The van der Waals surface area contributed by atoms with Crippen LogP contribution in [0.4, 0.5) is 0 Å². The first-order valence-electron chi connectivity index (χ1n) is 6.04. The second kappa shape index (κ2) is 5.01. The van der Waals surface area contributed by atoms with E-state index >= 15 is 0 Å². The molecule has 88 valence electrons. The third-order valence-electron chi connectivity index (χ3n) is 3.33. The van der Waals surface area contributed by atoms with Gasteiger partial charge in [0.15, 0.2) is 0 Å². The van der Waals surface area contributed by atoms with Gasteiger partial charge in [-0.05, 0) is 30.4 Å². The van der Waals surface area contributed by atoms with E-state index in [-0.39, 0.29) is 11.9 Å². The van der Waals surface area contributed by atoms with E-state index in [2.05, 4.69) is 17.4 Å². The van der Waals surface area contributed by atoms with Crippen LogP contribution >= 0.6 is 0 Å². The summed E-state index contributed by atoms with van der Waals surface area (Å²) >= 11 is 0. The second-order valence-electron chi connectivity index (χ2n) is 4.39. The Morgan fingerprint density at radius 1 is 1.59 bits per heavy atom. The van der Waals surface area contributed by atoms with E-state index in [1.54, 1.807) is 0 Å². The maximum Gasteiger partial charge on any atom is 0.237 e. The summed E-state index contributed by atoms with van der Waals surface area (Å²) in [5.41, 5.74) is 2.51. The molecule has 2 unspecified atom stereocenters. The van der Waals surface area contributed by atoms with E-state index in [0.717, 1.165) is 12.8 Å². The minimum Gasteiger partial charge on any atom is -0.348 e. The van der Waals surface area contributed by atoms with Gasteiger partial charge in [-0.3, -0.25) is 4.79 Å². The van der Waals surface area contributed by atoms with Crippen LogP contribution in [0.3, 0.4) is 0 Å². The van der Waals surface area contributed by atoms with Crippen molar-refractivity contribution < 1.29 is 4.79 Å². The van der Waals surface area contributed by atoms with Crippen LogP contribution in [0.1, 0.15) is 36.9 Å². The first kappa shape index (κ1) is 11.7. The molecule has 1 aromatic carbocycles. The van der Waals surface area contributed by atoms with Crippen molar-refractivity contribution in [3.8, 4) is 6.07 Å². The first-order chi connectivity index (χ1) is 8.26. The molecule has 3 heteroatoms. The lowest BCUT2D eigenvalue weighted by molar-refractivity contribution is -0.124. The Balaban J connectivity index is 2.08. The van der Waals surface area contributed by atoms with Crippen LogP contribution < -0.4 is 5.32 Å². The summed E-state index contributed by atoms with van der Waals surface area (Å²) in [5.74, 6) is -0.667. The fourth-order valence-corrected chi connectivity index (χ4v) is 2.31. The number of benzene rings is 1.